The van der Waals surface area contributed by atoms with Crippen LogP contribution in [0.25, 0.3) is 0 Å². The molecule has 0 fully saturated rings. The van der Waals surface area contributed by atoms with Crippen molar-refractivity contribution < 1.29 is 14.4 Å². The van der Waals surface area contributed by atoms with E-state index in [-0.39, 0.29) is 17.6 Å². The molecule has 1 amide bonds. The monoisotopic (exact) mass is 314 g/mol. The van der Waals surface area contributed by atoms with Gasteiger partial charge in [0.25, 0.3) is 0 Å². The number of para-hydroxylation sites is 1. The number of allylic oxidation sites excluding steroid dienone is 2. The topological polar surface area (TPSA) is 59.0 Å². The molecule has 1 atom stereocenters. The van der Waals surface area contributed by atoms with Crippen molar-refractivity contribution in [3.05, 3.63) is 42.1 Å². The van der Waals surface area contributed by atoms with E-state index in [1.165, 1.54) is 0 Å². The van der Waals surface area contributed by atoms with Crippen LogP contribution in [0.2, 0.25) is 0 Å². The Morgan fingerprint density at radius 3 is 2.48 bits per heavy atom. The second kappa shape index (κ2) is 7.22. The van der Waals surface area contributed by atoms with E-state index in [2.05, 4.69) is 5.16 Å². The number of benzene rings is 1. The smallest absolute Gasteiger partial charge is 0.248 e. The SMILES string of the molecule is CCO/N=C(\C)C1C(=O)C=C(C(C)C)N(c2ccccc2)C1=O. The molecule has 0 saturated carbocycles. The fourth-order valence-corrected chi connectivity index (χ4v) is 2.55. The highest BCUT2D eigenvalue weighted by Gasteiger charge is 2.39. The maximum absolute atomic E-state index is 13.0. The number of carbonyl (C=O) groups is 2. The van der Waals surface area contributed by atoms with Gasteiger partial charge in [-0.25, -0.2) is 0 Å². The number of rotatable bonds is 5. The Kier molecular flexibility index (Phi) is 5.32. The van der Waals surface area contributed by atoms with Gasteiger partial charge in [0.15, 0.2) is 5.78 Å². The van der Waals surface area contributed by atoms with E-state index < -0.39 is 5.92 Å². The summed E-state index contributed by atoms with van der Waals surface area (Å²) in [6, 6.07) is 9.34. The number of nitrogens with zero attached hydrogens (tertiary/aromatic N) is 2. The van der Waals surface area contributed by atoms with Crippen molar-refractivity contribution in [1.82, 2.24) is 0 Å². The molecule has 1 aliphatic rings. The quantitative estimate of drug-likeness (QED) is 0.476. The summed E-state index contributed by atoms with van der Waals surface area (Å²) in [5.74, 6) is -1.40. The van der Waals surface area contributed by atoms with Crippen LogP contribution in [0.3, 0.4) is 0 Å². The minimum atomic E-state index is -0.927. The predicted octanol–water partition coefficient (Wildman–Crippen LogP) is 3.17. The summed E-state index contributed by atoms with van der Waals surface area (Å²) in [5.41, 5.74) is 1.83. The van der Waals surface area contributed by atoms with E-state index in [9.17, 15) is 9.59 Å². The van der Waals surface area contributed by atoms with Crippen LogP contribution in [-0.2, 0) is 14.4 Å². The largest absolute Gasteiger partial charge is 0.396 e. The molecule has 1 aromatic carbocycles. The van der Waals surface area contributed by atoms with E-state index in [1.54, 1.807) is 24.8 Å². The molecule has 1 heterocycles. The first-order valence-corrected chi connectivity index (χ1v) is 7.78. The van der Waals surface area contributed by atoms with Gasteiger partial charge in [-0.1, -0.05) is 37.2 Å². The molecular formula is C18H22N2O3. The lowest BCUT2D eigenvalue weighted by molar-refractivity contribution is -0.128. The Bertz CT molecular complexity index is 647. The third-order valence-electron chi connectivity index (χ3n) is 3.66. The van der Waals surface area contributed by atoms with Crippen molar-refractivity contribution in [2.24, 2.45) is 17.0 Å². The first kappa shape index (κ1) is 16.9. The normalized spacial score (nSPS) is 19.2. The fourth-order valence-electron chi connectivity index (χ4n) is 2.55. The zero-order chi connectivity index (χ0) is 17.0. The second-order valence-electron chi connectivity index (χ2n) is 5.72. The Hall–Kier alpha value is -2.43. The predicted molar refractivity (Wildman–Crippen MR) is 90.1 cm³/mol. The molecule has 0 N–H and O–H groups in total. The molecule has 0 radical (unpaired) electrons. The standard InChI is InChI=1S/C18H22N2O3/c1-5-23-19-13(4)17-16(21)11-15(12(2)3)20(18(17)22)14-9-7-6-8-10-14/h6-12,17H,5H2,1-4H3/b19-13+. The van der Waals surface area contributed by atoms with Crippen molar-refractivity contribution in [3.8, 4) is 0 Å². The maximum atomic E-state index is 13.0. The molecule has 5 nitrogen and oxygen atoms in total. The lowest BCUT2D eigenvalue weighted by atomic mass is 9.89. The summed E-state index contributed by atoms with van der Waals surface area (Å²) in [6.07, 6.45) is 1.55. The van der Waals surface area contributed by atoms with Crippen molar-refractivity contribution >= 4 is 23.1 Å². The van der Waals surface area contributed by atoms with Gasteiger partial charge in [0.05, 0.1) is 5.71 Å². The summed E-state index contributed by atoms with van der Waals surface area (Å²) in [5, 5.41) is 3.88. The lowest BCUT2D eigenvalue weighted by Gasteiger charge is -2.34. The number of oxime groups is 1. The number of anilines is 1. The van der Waals surface area contributed by atoms with E-state index >= 15 is 0 Å². The van der Waals surface area contributed by atoms with Gasteiger partial charge >= 0.3 is 0 Å². The molecule has 0 spiro atoms. The van der Waals surface area contributed by atoms with Crippen LogP contribution in [0.1, 0.15) is 27.7 Å². The van der Waals surface area contributed by atoms with Crippen molar-refractivity contribution in [3.63, 3.8) is 0 Å². The number of hydrogen-bond donors (Lipinski definition) is 0. The van der Waals surface area contributed by atoms with E-state index in [0.29, 0.717) is 18.0 Å². The highest BCUT2D eigenvalue weighted by Crippen LogP contribution is 2.30. The number of amides is 1. The highest BCUT2D eigenvalue weighted by molar-refractivity contribution is 6.28. The Balaban J connectivity index is 2.49. The molecule has 5 heteroatoms. The van der Waals surface area contributed by atoms with Crippen LogP contribution < -0.4 is 4.90 Å². The Labute approximate surface area is 136 Å². The van der Waals surface area contributed by atoms with Gasteiger partial charge in [-0.15, -0.1) is 0 Å². The van der Waals surface area contributed by atoms with Crippen LogP contribution in [-0.4, -0.2) is 24.0 Å². The van der Waals surface area contributed by atoms with Gasteiger partial charge in [-0.05, 0) is 31.9 Å². The second-order valence-corrected chi connectivity index (χ2v) is 5.72. The Morgan fingerprint density at radius 2 is 1.91 bits per heavy atom. The van der Waals surface area contributed by atoms with Gasteiger partial charge < -0.3 is 4.84 Å². The summed E-state index contributed by atoms with van der Waals surface area (Å²) in [6.45, 7) is 7.76. The highest BCUT2D eigenvalue weighted by atomic mass is 16.6. The number of carbonyl (C=O) groups excluding carboxylic acids is 2. The molecule has 23 heavy (non-hydrogen) atoms. The average molecular weight is 314 g/mol. The molecule has 1 aliphatic heterocycles. The van der Waals surface area contributed by atoms with Crippen LogP contribution in [0.4, 0.5) is 5.69 Å². The van der Waals surface area contributed by atoms with Crippen LogP contribution in [0.15, 0.2) is 47.3 Å². The van der Waals surface area contributed by atoms with Crippen LogP contribution in [0.5, 0.6) is 0 Å². The molecule has 0 aromatic heterocycles. The lowest BCUT2D eigenvalue weighted by Crippen LogP contribution is -2.47. The molecule has 0 saturated heterocycles. The van der Waals surface area contributed by atoms with Gasteiger partial charge in [0.2, 0.25) is 5.91 Å². The fraction of sp³-hybridized carbons (Fsp3) is 0.389. The third kappa shape index (κ3) is 3.50. The van der Waals surface area contributed by atoms with Crippen LogP contribution in [0, 0.1) is 11.8 Å². The van der Waals surface area contributed by atoms with Gasteiger partial charge in [0.1, 0.15) is 12.5 Å². The number of ketones is 1. The first-order valence-electron chi connectivity index (χ1n) is 7.78. The maximum Gasteiger partial charge on any atom is 0.248 e. The van der Waals surface area contributed by atoms with Crippen molar-refractivity contribution in [2.45, 2.75) is 27.7 Å². The molecule has 2 rings (SSSR count). The molecule has 1 aromatic rings. The minimum absolute atomic E-state index is 0.0493. The van der Waals surface area contributed by atoms with Crippen molar-refractivity contribution in [2.75, 3.05) is 11.5 Å². The number of hydrogen-bond acceptors (Lipinski definition) is 4. The average Bonchev–Trinajstić information content (AvgIpc) is 2.53. The zero-order valence-electron chi connectivity index (χ0n) is 13.9. The van der Waals surface area contributed by atoms with Gasteiger partial charge in [0, 0.05) is 17.5 Å². The van der Waals surface area contributed by atoms with E-state index in [0.717, 1.165) is 5.69 Å². The summed E-state index contributed by atoms with van der Waals surface area (Å²) in [4.78, 5) is 32.0. The molecule has 122 valence electrons. The summed E-state index contributed by atoms with van der Waals surface area (Å²) >= 11 is 0. The molecule has 1 unspecified atom stereocenters. The van der Waals surface area contributed by atoms with Crippen LogP contribution >= 0.6 is 0 Å². The summed E-state index contributed by atoms with van der Waals surface area (Å²) in [7, 11) is 0. The Morgan fingerprint density at radius 1 is 1.26 bits per heavy atom. The van der Waals surface area contributed by atoms with E-state index in [4.69, 9.17) is 4.84 Å². The van der Waals surface area contributed by atoms with Gasteiger partial charge in [-0.3, -0.25) is 14.5 Å². The zero-order valence-corrected chi connectivity index (χ0v) is 13.9. The minimum Gasteiger partial charge on any atom is -0.396 e. The van der Waals surface area contributed by atoms with Crippen molar-refractivity contribution in [1.29, 1.82) is 0 Å². The molecule has 0 aliphatic carbocycles. The summed E-state index contributed by atoms with van der Waals surface area (Å²) < 4.78 is 0. The van der Waals surface area contributed by atoms with Gasteiger partial charge in [-0.2, -0.15) is 0 Å². The molecule has 0 bridgehead atoms. The van der Waals surface area contributed by atoms with E-state index in [1.807, 2.05) is 44.2 Å². The first-order chi connectivity index (χ1) is 11.0. The third-order valence-corrected chi connectivity index (χ3v) is 3.66. The molecular weight excluding hydrogens is 292 g/mol.